The summed E-state index contributed by atoms with van der Waals surface area (Å²) in [4.78, 5) is 4.42. The Morgan fingerprint density at radius 3 is 2.54 bits per heavy atom. The van der Waals surface area contributed by atoms with Gasteiger partial charge < -0.3 is 5.11 Å². The monoisotopic (exact) mass is 369 g/mol. The molecule has 0 saturated carbocycles. The van der Waals surface area contributed by atoms with Crippen molar-refractivity contribution in [1.82, 2.24) is 15.2 Å². The van der Waals surface area contributed by atoms with Crippen molar-refractivity contribution >= 4 is 15.9 Å². The standard InChI is InChI=1S/C19H19N3O3S/c1-26(24,25)16-9-7-14(8-10-16)18-17(6-2-3-12-23)21-22-19(18)15-5-4-11-20-13-15/h2,4-11,13,23H,3,12H2,1H3,(H,21,22)/b6-2-. The predicted octanol–water partition coefficient (Wildman–Crippen LogP) is 2.94. The second-order valence-corrected chi connectivity index (χ2v) is 7.83. The minimum absolute atomic E-state index is 0.0643. The Hall–Kier alpha value is -2.77. The van der Waals surface area contributed by atoms with Gasteiger partial charge in [-0.3, -0.25) is 10.1 Å². The van der Waals surface area contributed by atoms with Crippen LogP contribution in [0.1, 0.15) is 12.1 Å². The van der Waals surface area contributed by atoms with Crippen LogP contribution in [0, 0.1) is 0 Å². The van der Waals surface area contributed by atoms with Crippen molar-refractivity contribution < 1.29 is 13.5 Å². The van der Waals surface area contributed by atoms with E-state index in [9.17, 15) is 8.42 Å². The summed E-state index contributed by atoms with van der Waals surface area (Å²) < 4.78 is 23.4. The Kier molecular flexibility index (Phi) is 5.29. The van der Waals surface area contributed by atoms with Crippen LogP contribution in [-0.4, -0.2) is 41.6 Å². The summed E-state index contributed by atoms with van der Waals surface area (Å²) in [6.45, 7) is 0.0643. The van der Waals surface area contributed by atoms with E-state index in [1.54, 1.807) is 36.7 Å². The van der Waals surface area contributed by atoms with Crippen molar-refractivity contribution in [2.75, 3.05) is 12.9 Å². The summed E-state index contributed by atoms with van der Waals surface area (Å²) >= 11 is 0. The third-order valence-electron chi connectivity index (χ3n) is 3.89. The Morgan fingerprint density at radius 1 is 1.15 bits per heavy atom. The van der Waals surface area contributed by atoms with E-state index in [0.717, 1.165) is 22.4 Å². The summed E-state index contributed by atoms with van der Waals surface area (Å²) in [5, 5.41) is 16.4. The topological polar surface area (TPSA) is 95.9 Å². The van der Waals surface area contributed by atoms with Gasteiger partial charge in [0.25, 0.3) is 0 Å². The van der Waals surface area contributed by atoms with Gasteiger partial charge in [-0.05, 0) is 42.3 Å². The van der Waals surface area contributed by atoms with Gasteiger partial charge in [0.15, 0.2) is 9.84 Å². The molecule has 6 nitrogen and oxygen atoms in total. The first-order chi connectivity index (χ1) is 12.5. The van der Waals surface area contributed by atoms with E-state index >= 15 is 0 Å². The fraction of sp³-hybridized carbons (Fsp3) is 0.158. The van der Waals surface area contributed by atoms with Crippen molar-refractivity contribution in [3.63, 3.8) is 0 Å². The molecule has 7 heteroatoms. The number of H-pyrrole nitrogens is 1. The minimum atomic E-state index is -3.25. The van der Waals surface area contributed by atoms with Gasteiger partial charge in [0.1, 0.15) is 0 Å². The van der Waals surface area contributed by atoms with Crippen molar-refractivity contribution in [3.8, 4) is 22.4 Å². The molecule has 0 fully saturated rings. The Morgan fingerprint density at radius 2 is 1.92 bits per heavy atom. The van der Waals surface area contributed by atoms with Gasteiger partial charge in [0.05, 0.1) is 16.3 Å². The number of sulfone groups is 1. The summed E-state index contributed by atoms with van der Waals surface area (Å²) in [6, 6.07) is 10.5. The minimum Gasteiger partial charge on any atom is -0.396 e. The van der Waals surface area contributed by atoms with Crippen LogP contribution in [-0.2, 0) is 9.84 Å². The maximum absolute atomic E-state index is 11.7. The summed E-state index contributed by atoms with van der Waals surface area (Å²) in [5.41, 5.74) is 4.09. The number of aliphatic hydroxyl groups excluding tert-OH is 1. The van der Waals surface area contributed by atoms with Crippen LogP contribution in [0.15, 0.2) is 59.8 Å². The van der Waals surface area contributed by atoms with E-state index in [0.29, 0.717) is 12.1 Å². The highest BCUT2D eigenvalue weighted by Crippen LogP contribution is 2.34. The molecular formula is C19H19N3O3S. The van der Waals surface area contributed by atoms with Crippen LogP contribution >= 0.6 is 0 Å². The maximum Gasteiger partial charge on any atom is 0.175 e. The van der Waals surface area contributed by atoms with E-state index < -0.39 is 9.84 Å². The molecule has 0 spiro atoms. The molecule has 3 aromatic rings. The molecule has 0 aliphatic rings. The van der Waals surface area contributed by atoms with E-state index in [2.05, 4.69) is 15.2 Å². The number of nitrogens with one attached hydrogen (secondary N) is 1. The number of pyridine rings is 1. The Bertz CT molecular complexity index is 1010. The van der Waals surface area contributed by atoms with Crippen LogP contribution in [0.5, 0.6) is 0 Å². The number of aromatic amines is 1. The van der Waals surface area contributed by atoms with Crippen LogP contribution in [0.3, 0.4) is 0 Å². The first-order valence-electron chi connectivity index (χ1n) is 8.07. The number of aromatic nitrogens is 3. The highest BCUT2D eigenvalue weighted by atomic mass is 32.2. The average molecular weight is 369 g/mol. The lowest BCUT2D eigenvalue weighted by Gasteiger charge is -2.06. The highest BCUT2D eigenvalue weighted by molar-refractivity contribution is 7.90. The summed E-state index contributed by atoms with van der Waals surface area (Å²) in [7, 11) is -3.25. The van der Waals surface area contributed by atoms with Crippen molar-refractivity contribution in [2.24, 2.45) is 0 Å². The summed E-state index contributed by atoms with van der Waals surface area (Å²) in [6.07, 6.45) is 8.83. The molecule has 0 saturated heterocycles. The van der Waals surface area contributed by atoms with E-state index in [1.807, 2.05) is 24.3 Å². The largest absolute Gasteiger partial charge is 0.396 e. The Balaban J connectivity index is 2.12. The zero-order valence-electron chi connectivity index (χ0n) is 14.3. The van der Waals surface area contributed by atoms with E-state index in [4.69, 9.17) is 5.11 Å². The number of hydrogen-bond acceptors (Lipinski definition) is 5. The normalized spacial score (nSPS) is 11.9. The zero-order chi connectivity index (χ0) is 18.6. The lowest BCUT2D eigenvalue weighted by molar-refractivity contribution is 0.303. The van der Waals surface area contributed by atoms with Gasteiger partial charge in [-0.2, -0.15) is 5.10 Å². The van der Waals surface area contributed by atoms with Crippen LogP contribution in [0.4, 0.5) is 0 Å². The lowest BCUT2D eigenvalue weighted by atomic mass is 9.99. The smallest absolute Gasteiger partial charge is 0.175 e. The molecule has 3 rings (SSSR count). The van der Waals surface area contributed by atoms with Crippen molar-refractivity contribution in [2.45, 2.75) is 11.3 Å². The summed E-state index contributed by atoms with van der Waals surface area (Å²) in [5.74, 6) is 0. The SMILES string of the molecule is CS(=O)(=O)c1ccc(-c2c(/C=C\CCO)n[nH]c2-c2cccnc2)cc1. The molecule has 2 N–H and O–H groups in total. The maximum atomic E-state index is 11.7. The lowest BCUT2D eigenvalue weighted by Crippen LogP contribution is -1.96. The second kappa shape index (κ2) is 7.63. The van der Waals surface area contributed by atoms with E-state index in [1.165, 1.54) is 6.26 Å². The first-order valence-corrected chi connectivity index (χ1v) is 9.96. The molecule has 0 atom stereocenters. The molecule has 2 aromatic heterocycles. The van der Waals surface area contributed by atoms with Crippen LogP contribution < -0.4 is 0 Å². The highest BCUT2D eigenvalue weighted by Gasteiger charge is 2.16. The molecule has 2 heterocycles. The van der Waals surface area contributed by atoms with Gasteiger partial charge >= 0.3 is 0 Å². The molecule has 0 bridgehead atoms. The van der Waals surface area contributed by atoms with Crippen LogP contribution in [0.2, 0.25) is 0 Å². The second-order valence-electron chi connectivity index (χ2n) is 5.81. The van der Waals surface area contributed by atoms with Crippen LogP contribution in [0.25, 0.3) is 28.5 Å². The molecule has 0 aliphatic heterocycles. The third kappa shape index (κ3) is 3.89. The van der Waals surface area contributed by atoms with Crippen molar-refractivity contribution in [1.29, 1.82) is 0 Å². The average Bonchev–Trinajstić information content (AvgIpc) is 3.06. The first kappa shape index (κ1) is 18.0. The molecular weight excluding hydrogens is 350 g/mol. The van der Waals surface area contributed by atoms with Gasteiger partial charge in [-0.1, -0.05) is 18.2 Å². The number of benzene rings is 1. The third-order valence-corrected chi connectivity index (χ3v) is 5.02. The molecule has 26 heavy (non-hydrogen) atoms. The fourth-order valence-electron chi connectivity index (χ4n) is 2.63. The van der Waals surface area contributed by atoms with Gasteiger partial charge in [0.2, 0.25) is 0 Å². The molecule has 0 amide bonds. The molecule has 0 radical (unpaired) electrons. The number of nitrogens with zero attached hydrogens (tertiary/aromatic N) is 2. The van der Waals surface area contributed by atoms with E-state index in [-0.39, 0.29) is 11.5 Å². The van der Waals surface area contributed by atoms with Crippen molar-refractivity contribution in [3.05, 3.63) is 60.6 Å². The molecule has 0 unspecified atom stereocenters. The number of hydrogen-bond donors (Lipinski definition) is 2. The zero-order valence-corrected chi connectivity index (χ0v) is 15.1. The number of aliphatic hydroxyl groups is 1. The number of rotatable bonds is 6. The molecule has 1 aromatic carbocycles. The quantitative estimate of drug-likeness (QED) is 0.696. The molecule has 0 aliphatic carbocycles. The van der Waals surface area contributed by atoms with Gasteiger partial charge in [-0.25, -0.2) is 8.42 Å². The Labute approximate surface area is 152 Å². The fourth-order valence-corrected chi connectivity index (χ4v) is 3.26. The van der Waals surface area contributed by atoms with Gasteiger partial charge in [-0.15, -0.1) is 0 Å². The van der Waals surface area contributed by atoms with Gasteiger partial charge in [0, 0.05) is 36.4 Å². The predicted molar refractivity (Wildman–Crippen MR) is 101 cm³/mol. The molecule has 134 valence electrons.